The zero-order chi connectivity index (χ0) is 19.0. The van der Waals surface area contributed by atoms with Crippen molar-refractivity contribution in [2.45, 2.75) is 27.3 Å². The highest BCUT2D eigenvalue weighted by Crippen LogP contribution is 2.28. The number of ether oxygens (including phenoxy) is 1. The largest absolute Gasteiger partial charge is 0.505 e. The van der Waals surface area contributed by atoms with Gasteiger partial charge in [-0.25, -0.2) is 9.78 Å². The maximum Gasteiger partial charge on any atom is 0.358 e. The summed E-state index contributed by atoms with van der Waals surface area (Å²) in [6.45, 7) is 5.89. The van der Waals surface area contributed by atoms with Gasteiger partial charge in [-0.15, -0.1) is 0 Å². The first-order valence-corrected chi connectivity index (χ1v) is 8.36. The minimum atomic E-state index is -0.687. The molecule has 2 heterocycles. The SMILES string of the molecule is CCOC(=O)c1c(O)c2c(=O)n(Cc3cccc(C)c3)c(C)nc2n1C. The van der Waals surface area contributed by atoms with Gasteiger partial charge in [-0.2, -0.15) is 0 Å². The fourth-order valence-corrected chi connectivity index (χ4v) is 3.09. The molecule has 0 fully saturated rings. The highest BCUT2D eigenvalue weighted by molar-refractivity contribution is 6.00. The Morgan fingerprint density at radius 3 is 2.69 bits per heavy atom. The summed E-state index contributed by atoms with van der Waals surface area (Å²) in [4.78, 5) is 29.6. The number of nitrogens with zero attached hydrogens (tertiary/aromatic N) is 3. The third-order valence-corrected chi connectivity index (χ3v) is 4.35. The maximum absolute atomic E-state index is 13.0. The molecule has 0 aliphatic heterocycles. The zero-order valence-corrected chi connectivity index (χ0v) is 15.2. The molecular weight excluding hydrogens is 334 g/mol. The standard InChI is InChI=1S/C19H21N3O4/c1-5-26-19(25)15-16(23)14-17(21(15)4)20-12(3)22(18(14)24)10-13-8-6-7-11(2)9-13/h6-9,23H,5,10H2,1-4H3. The number of fused-ring (bicyclic) bond motifs is 1. The van der Waals surface area contributed by atoms with Gasteiger partial charge in [-0.1, -0.05) is 29.8 Å². The Hall–Kier alpha value is -3.09. The molecule has 26 heavy (non-hydrogen) atoms. The van der Waals surface area contributed by atoms with E-state index in [0.29, 0.717) is 12.4 Å². The molecule has 3 rings (SSSR count). The molecule has 2 aromatic heterocycles. The van der Waals surface area contributed by atoms with Gasteiger partial charge in [-0.3, -0.25) is 9.36 Å². The number of hydrogen-bond donors (Lipinski definition) is 1. The molecule has 0 amide bonds. The van der Waals surface area contributed by atoms with E-state index in [1.165, 1.54) is 9.13 Å². The second-order valence-corrected chi connectivity index (χ2v) is 6.21. The molecule has 0 unspecified atom stereocenters. The highest BCUT2D eigenvalue weighted by atomic mass is 16.5. The Balaban J connectivity index is 2.20. The Bertz CT molecular complexity index is 1060. The van der Waals surface area contributed by atoms with Crippen LogP contribution in [0.3, 0.4) is 0 Å². The van der Waals surface area contributed by atoms with Crippen LogP contribution < -0.4 is 5.56 Å². The fraction of sp³-hybridized carbons (Fsp3) is 0.316. The fourth-order valence-electron chi connectivity index (χ4n) is 3.09. The van der Waals surface area contributed by atoms with Crippen LogP contribution in [-0.4, -0.2) is 31.8 Å². The molecule has 0 spiro atoms. The number of aryl methyl sites for hydroxylation is 3. The molecule has 0 radical (unpaired) electrons. The molecule has 3 aromatic rings. The average molecular weight is 355 g/mol. The molecule has 1 aromatic carbocycles. The van der Waals surface area contributed by atoms with Gasteiger partial charge in [0.05, 0.1) is 13.2 Å². The smallest absolute Gasteiger partial charge is 0.358 e. The number of aromatic hydroxyl groups is 1. The summed E-state index contributed by atoms with van der Waals surface area (Å²) in [5.41, 5.74) is 1.84. The van der Waals surface area contributed by atoms with Gasteiger partial charge in [0.15, 0.2) is 17.1 Å². The van der Waals surface area contributed by atoms with Crippen molar-refractivity contribution >= 4 is 17.0 Å². The number of hydrogen-bond acceptors (Lipinski definition) is 5. The predicted octanol–water partition coefficient (Wildman–Crippen LogP) is 2.28. The van der Waals surface area contributed by atoms with Crippen molar-refractivity contribution in [3.8, 4) is 5.75 Å². The summed E-state index contributed by atoms with van der Waals surface area (Å²) < 4.78 is 7.86. The summed E-state index contributed by atoms with van der Waals surface area (Å²) >= 11 is 0. The van der Waals surface area contributed by atoms with Gasteiger partial charge in [0, 0.05) is 7.05 Å². The number of rotatable bonds is 4. The first-order chi connectivity index (χ1) is 12.3. The maximum atomic E-state index is 13.0. The van der Waals surface area contributed by atoms with E-state index in [1.54, 1.807) is 20.9 Å². The summed E-state index contributed by atoms with van der Waals surface area (Å²) in [7, 11) is 1.57. The number of carbonyl (C=O) groups excluding carboxylic acids is 1. The summed E-state index contributed by atoms with van der Waals surface area (Å²) in [6.07, 6.45) is 0. The third-order valence-electron chi connectivity index (χ3n) is 4.35. The second-order valence-electron chi connectivity index (χ2n) is 6.21. The molecule has 0 saturated heterocycles. The monoisotopic (exact) mass is 355 g/mol. The van der Waals surface area contributed by atoms with Crippen LogP contribution in [0, 0.1) is 13.8 Å². The van der Waals surface area contributed by atoms with E-state index in [4.69, 9.17) is 4.74 Å². The number of aromatic nitrogens is 3. The van der Waals surface area contributed by atoms with Crippen molar-refractivity contribution in [1.29, 1.82) is 0 Å². The van der Waals surface area contributed by atoms with Gasteiger partial charge in [0.1, 0.15) is 11.2 Å². The Kier molecular flexibility index (Phi) is 4.54. The van der Waals surface area contributed by atoms with E-state index in [9.17, 15) is 14.7 Å². The van der Waals surface area contributed by atoms with E-state index >= 15 is 0 Å². The van der Waals surface area contributed by atoms with E-state index in [-0.39, 0.29) is 23.3 Å². The van der Waals surface area contributed by atoms with Crippen LogP contribution in [0.25, 0.3) is 11.0 Å². The van der Waals surface area contributed by atoms with Crippen LogP contribution in [0.2, 0.25) is 0 Å². The summed E-state index contributed by atoms with van der Waals surface area (Å²) in [5, 5.41) is 10.5. The quantitative estimate of drug-likeness (QED) is 0.726. The minimum absolute atomic E-state index is 0.0220. The summed E-state index contributed by atoms with van der Waals surface area (Å²) in [5.74, 6) is -0.579. The van der Waals surface area contributed by atoms with Crippen LogP contribution in [0.4, 0.5) is 0 Å². The molecule has 7 heteroatoms. The predicted molar refractivity (Wildman–Crippen MR) is 97.6 cm³/mol. The van der Waals surface area contributed by atoms with Crippen LogP contribution in [0.15, 0.2) is 29.1 Å². The zero-order valence-electron chi connectivity index (χ0n) is 15.2. The van der Waals surface area contributed by atoms with Gasteiger partial charge in [0.2, 0.25) is 0 Å². The lowest BCUT2D eigenvalue weighted by molar-refractivity contribution is 0.0512. The lowest BCUT2D eigenvalue weighted by Crippen LogP contribution is -2.24. The van der Waals surface area contributed by atoms with Crippen molar-refractivity contribution in [3.05, 3.63) is 57.3 Å². The molecule has 0 atom stereocenters. The van der Waals surface area contributed by atoms with Crippen LogP contribution in [0.5, 0.6) is 5.75 Å². The van der Waals surface area contributed by atoms with Gasteiger partial charge in [0.25, 0.3) is 5.56 Å². The Morgan fingerprint density at radius 2 is 2.04 bits per heavy atom. The first kappa shape index (κ1) is 17.7. The van der Waals surface area contributed by atoms with Crippen molar-refractivity contribution in [2.75, 3.05) is 6.61 Å². The first-order valence-electron chi connectivity index (χ1n) is 8.36. The molecule has 7 nitrogen and oxygen atoms in total. The van der Waals surface area contributed by atoms with Gasteiger partial charge < -0.3 is 14.4 Å². The van der Waals surface area contributed by atoms with Crippen LogP contribution in [-0.2, 0) is 18.3 Å². The lowest BCUT2D eigenvalue weighted by Gasteiger charge is -2.10. The molecule has 136 valence electrons. The highest BCUT2D eigenvalue weighted by Gasteiger charge is 2.26. The van der Waals surface area contributed by atoms with E-state index < -0.39 is 17.3 Å². The molecule has 1 N–H and O–H groups in total. The number of esters is 1. The molecule has 0 aliphatic rings. The van der Waals surface area contributed by atoms with Gasteiger partial charge >= 0.3 is 5.97 Å². The Labute approximate surface area is 150 Å². The summed E-state index contributed by atoms with van der Waals surface area (Å²) in [6, 6.07) is 7.83. The van der Waals surface area contributed by atoms with E-state index in [1.807, 2.05) is 31.2 Å². The third kappa shape index (κ3) is 2.85. The number of benzene rings is 1. The normalized spacial score (nSPS) is 11.1. The molecule has 0 aliphatic carbocycles. The van der Waals surface area contributed by atoms with Crippen molar-refractivity contribution in [1.82, 2.24) is 14.1 Å². The molecule has 0 saturated carbocycles. The minimum Gasteiger partial charge on any atom is -0.505 e. The molecule has 0 bridgehead atoms. The van der Waals surface area contributed by atoms with Crippen molar-refractivity contribution < 1.29 is 14.6 Å². The van der Waals surface area contributed by atoms with Crippen molar-refractivity contribution in [2.24, 2.45) is 7.05 Å². The van der Waals surface area contributed by atoms with Crippen LogP contribution >= 0.6 is 0 Å². The second kappa shape index (κ2) is 6.67. The van der Waals surface area contributed by atoms with Crippen molar-refractivity contribution in [3.63, 3.8) is 0 Å². The lowest BCUT2D eigenvalue weighted by atomic mass is 10.1. The average Bonchev–Trinajstić information content (AvgIpc) is 2.82. The molecular formula is C19H21N3O4. The van der Waals surface area contributed by atoms with E-state index in [2.05, 4.69) is 4.98 Å². The van der Waals surface area contributed by atoms with Gasteiger partial charge in [-0.05, 0) is 26.3 Å². The Morgan fingerprint density at radius 1 is 1.31 bits per heavy atom. The topological polar surface area (TPSA) is 86.3 Å². The van der Waals surface area contributed by atoms with Crippen LogP contribution in [0.1, 0.15) is 34.4 Å². The van der Waals surface area contributed by atoms with E-state index in [0.717, 1.165) is 11.1 Å². The number of carbonyl (C=O) groups is 1.